The van der Waals surface area contributed by atoms with E-state index in [9.17, 15) is 22.8 Å². The van der Waals surface area contributed by atoms with Gasteiger partial charge in [-0.3, -0.25) is 19.3 Å². The number of carbonyl (C=O) groups is 3. The number of hydrogen-bond donors (Lipinski definition) is 0. The van der Waals surface area contributed by atoms with E-state index in [2.05, 4.69) is 0 Å². The zero-order chi connectivity index (χ0) is 17.5. The van der Waals surface area contributed by atoms with Crippen LogP contribution in [0.3, 0.4) is 0 Å². The van der Waals surface area contributed by atoms with E-state index < -0.39 is 44.9 Å². The molecular formula is C13H18N2O7S. The number of nitrogens with zero attached hydrogens (tertiary/aromatic N) is 2. The lowest BCUT2D eigenvalue weighted by atomic mass is 10.0. The second-order valence-electron chi connectivity index (χ2n) is 5.49. The minimum atomic E-state index is -3.75. The number of methoxy groups -OCH3 is 1. The van der Waals surface area contributed by atoms with Crippen LogP contribution in [-0.4, -0.2) is 81.0 Å². The molecule has 0 aromatic rings. The third-order valence-electron chi connectivity index (χ3n) is 3.63. The maximum absolute atomic E-state index is 12.4. The summed E-state index contributed by atoms with van der Waals surface area (Å²) in [5.74, 6) is -2.22. The number of likely N-dealkylation sites (N-methyl/N-ethyl adjacent to an activating group) is 1. The van der Waals surface area contributed by atoms with Crippen LogP contribution in [0.1, 0.15) is 6.92 Å². The summed E-state index contributed by atoms with van der Waals surface area (Å²) in [7, 11) is 0.452. The molecule has 2 heterocycles. The van der Waals surface area contributed by atoms with E-state index in [4.69, 9.17) is 9.47 Å². The zero-order valence-corrected chi connectivity index (χ0v) is 14.0. The van der Waals surface area contributed by atoms with Crippen molar-refractivity contribution in [1.29, 1.82) is 0 Å². The van der Waals surface area contributed by atoms with Crippen LogP contribution in [0.15, 0.2) is 11.3 Å². The minimum Gasteiger partial charge on any atom is -0.461 e. The van der Waals surface area contributed by atoms with E-state index >= 15 is 0 Å². The molecule has 2 aliphatic rings. The van der Waals surface area contributed by atoms with Crippen molar-refractivity contribution < 1.29 is 32.3 Å². The summed E-state index contributed by atoms with van der Waals surface area (Å²) in [5, 5.41) is -1.22. The highest BCUT2D eigenvalue weighted by atomic mass is 32.2. The maximum Gasteiger partial charge on any atom is 0.302 e. The van der Waals surface area contributed by atoms with Crippen LogP contribution in [-0.2, 0) is 33.7 Å². The molecule has 128 valence electrons. The van der Waals surface area contributed by atoms with E-state index in [0.29, 0.717) is 0 Å². The fourth-order valence-electron chi connectivity index (χ4n) is 2.57. The smallest absolute Gasteiger partial charge is 0.302 e. The normalized spacial score (nSPS) is 25.6. The first-order chi connectivity index (χ1) is 10.6. The highest BCUT2D eigenvalue weighted by Crippen LogP contribution is 2.38. The molecule has 2 rings (SSSR count). The standard InChI is InChI=1S/C13H18N2O7S/c1-7(16)22-5-8-6-23(19,20)13-10(21-4)12(18)15(13)9(8)11(17)14(2)3/h10,13H,5-6H2,1-4H3/t10-,13+/m0/s1. The highest BCUT2D eigenvalue weighted by molar-refractivity contribution is 7.92. The van der Waals surface area contributed by atoms with Gasteiger partial charge in [-0.15, -0.1) is 0 Å². The molecule has 0 bridgehead atoms. The number of fused-ring (bicyclic) bond motifs is 1. The number of carbonyl (C=O) groups excluding carboxylic acids is 3. The molecule has 0 radical (unpaired) electrons. The number of amides is 2. The molecule has 2 amide bonds. The molecule has 9 nitrogen and oxygen atoms in total. The number of esters is 1. The Kier molecular flexibility index (Phi) is 4.49. The van der Waals surface area contributed by atoms with Crippen molar-refractivity contribution in [1.82, 2.24) is 9.80 Å². The fourth-order valence-corrected chi connectivity index (χ4v) is 4.58. The largest absolute Gasteiger partial charge is 0.461 e. The molecule has 0 N–H and O–H groups in total. The van der Waals surface area contributed by atoms with Crippen molar-refractivity contribution in [3.8, 4) is 0 Å². The van der Waals surface area contributed by atoms with Gasteiger partial charge in [0, 0.05) is 33.7 Å². The molecular weight excluding hydrogens is 328 g/mol. The molecule has 23 heavy (non-hydrogen) atoms. The number of ether oxygens (including phenoxy) is 2. The Morgan fingerprint density at radius 3 is 2.43 bits per heavy atom. The SMILES string of the molecule is CO[C@H]1C(=O)N2C(C(=O)N(C)C)=C(COC(C)=O)CS(=O)(=O)[C@H]12. The molecule has 0 spiro atoms. The van der Waals surface area contributed by atoms with Gasteiger partial charge in [0.2, 0.25) is 0 Å². The summed E-state index contributed by atoms with van der Waals surface area (Å²) >= 11 is 0. The summed E-state index contributed by atoms with van der Waals surface area (Å²) < 4.78 is 34.5. The first kappa shape index (κ1) is 17.4. The molecule has 2 aliphatic heterocycles. The van der Waals surface area contributed by atoms with Gasteiger partial charge in [0.05, 0.1) is 5.75 Å². The van der Waals surface area contributed by atoms with Gasteiger partial charge < -0.3 is 14.4 Å². The van der Waals surface area contributed by atoms with E-state index in [1.54, 1.807) is 0 Å². The lowest BCUT2D eigenvalue weighted by Gasteiger charge is -2.48. The van der Waals surface area contributed by atoms with Crippen molar-refractivity contribution in [2.24, 2.45) is 0 Å². The third kappa shape index (κ3) is 2.83. The van der Waals surface area contributed by atoms with Crippen LogP contribution < -0.4 is 0 Å². The van der Waals surface area contributed by atoms with Crippen molar-refractivity contribution in [2.75, 3.05) is 33.6 Å². The monoisotopic (exact) mass is 346 g/mol. The lowest BCUT2D eigenvalue weighted by molar-refractivity contribution is -0.161. The summed E-state index contributed by atoms with van der Waals surface area (Å²) in [4.78, 5) is 37.7. The topological polar surface area (TPSA) is 110 Å². The maximum atomic E-state index is 12.4. The van der Waals surface area contributed by atoms with Crippen LogP contribution in [0, 0.1) is 0 Å². The summed E-state index contributed by atoms with van der Waals surface area (Å²) in [6, 6.07) is 0. The number of hydrogen-bond acceptors (Lipinski definition) is 7. The molecule has 0 aliphatic carbocycles. The van der Waals surface area contributed by atoms with Gasteiger partial charge >= 0.3 is 5.97 Å². The van der Waals surface area contributed by atoms with Crippen molar-refractivity contribution in [3.63, 3.8) is 0 Å². The zero-order valence-electron chi connectivity index (χ0n) is 13.2. The van der Waals surface area contributed by atoms with Gasteiger partial charge in [-0.05, 0) is 0 Å². The highest BCUT2D eigenvalue weighted by Gasteiger charge is 2.60. The summed E-state index contributed by atoms with van der Waals surface area (Å²) in [6.45, 7) is 0.807. The Morgan fingerprint density at radius 2 is 1.96 bits per heavy atom. The Morgan fingerprint density at radius 1 is 1.35 bits per heavy atom. The van der Waals surface area contributed by atoms with Crippen LogP contribution in [0.25, 0.3) is 0 Å². The van der Waals surface area contributed by atoms with E-state index in [1.165, 1.54) is 33.0 Å². The number of sulfone groups is 1. The quantitative estimate of drug-likeness (QED) is 0.450. The first-order valence-electron chi connectivity index (χ1n) is 6.76. The molecule has 0 saturated carbocycles. The molecule has 0 unspecified atom stereocenters. The van der Waals surface area contributed by atoms with Gasteiger partial charge in [0.25, 0.3) is 11.8 Å². The van der Waals surface area contributed by atoms with E-state index in [1.807, 2.05) is 0 Å². The molecule has 1 fully saturated rings. The van der Waals surface area contributed by atoms with Crippen LogP contribution in [0.2, 0.25) is 0 Å². The van der Waals surface area contributed by atoms with Gasteiger partial charge in [0.1, 0.15) is 12.3 Å². The van der Waals surface area contributed by atoms with Crippen molar-refractivity contribution in [3.05, 3.63) is 11.3 Å². The number of rotatable bonds is 4. The van der Waals surface area contributed by atoms with Gasteiger partial charge in [-0.25, -0.2) is 8.42 Å². The molecule has 1 saturated heterocycles. The van der Waals surface area contributed by atoms with Crippen LogP contribution in [0.5, 0.6) is 0 Å². The van der Waals surface area contributed by atoms with Crippen molar-refractivity contribution >= 4 is 27.6 Å². The molecule has 10 heteroatoms. The van der Waals surface area contributed by atoms with Crippen LogP contribution in [0.4, 0.5) is 0 Å². The molecule has 2 atom stereocenters. The van der Waals surface area contributed by atoms with Crippen LogP contribution >= 0.6 is 0 Å². The Hall–Kier alpha value is -1.94. The fraction of sp³-hybridized carbons (Fsp3) is 0.615. The average Bonchev–Trinajstić information content (AvgIpc) is 2.44. The molecule has 0 aromatic heterocycles. The minimum absolute atomic E-state index is 0.0608. The summed E-state index contributed by atoms with van der Waals surface area (Å²) in [5.41, 5.74) is 0.0208. The Bertz CT molecular complexity index is 695. The Labute approximate surface area is 133 Å². The lowest BCUT2D eigenvalue weighted by Crippen LogP contribution is -2.71. The van der Waals surface area contributed by atoms with Gasteiger partial charge in [-0.2, -0.15) is 0 Å². The van der Waals surface area contributed by atoms with E-state index in [-0.39, 0.29) is 17.9 Å². The van der Waals surface area contributed by atoms with Crippen molar-refractivity contribution in [2.45, 2.75) is 18.4 Å². The van der Waals surface area contributed by atoms with E-state index in [0.717, 1.165) is 4.90 Å². The van der Waals surface area contributed by atoms with Gasteiger partial charge in [0.15, 0.2) is 21.3 Å². The third-order valence-corrected chi connectivity index (χ3v) is 5.57. The van der Waals surface area contributed by atoms with Gasteiger partial charge in [-0.1, -0.05) is 0 Å². The predicted molar refractivity (Wildman–Crippen MR) is 77.6 cm³/mol. The Balaban J connectivity index is 2.52. The second-order valence-corrected chi connectivity index (χ2v) is 7.59. The predicted octanol–water partition coefficient (Wildman–Crippen LogP) is -1.50. The average molecular weight is 346 g/mol. The number of β-lactam (4-membered cyclic amide) rings is 1. The first-order valence-corrected chi connectivity index (χ1v) is 8.47. The second kappa shape index (κ2) is 5.93. The summed E-state index contributed by atoms with van der Waals surface area (Å²) in [6.07, 6.45) is -1.12. The molecule has 0 aromatic carbocycles.